The van der Waals surface area contributed by atoms with E-state index < -0.39 is 0 Å². The molecule has 0 fully saturated rings. The van der Waals surface area contributed by atoms with Crippen LogP contribution >= 0.6 is 11.6 Å². The zero-order chi connectivity index (χ0) is 11.0. The molecular formula is C11H12ClN3. The van der Waals surface area contributed by atoms with Crippen LogP contribution in [0.5, 0.6) is 0 Å². The average molecular weight is 222 g/mol. The molecule has 0 N–H and O–H groups in total. The maximum absolute atomic E-state index is 5.93. The maximum atomic E-state index is 5.93. The molecule has 0 bridgehead atoms. The predicted molar refractivity (Wildman–Crippen MR) is 63.6 cm³/mol. The standard InChI is InChI=1S/C11H12ClN3/c1-7-9-6-8(12)4-5-10(9)14-11(13-7)15(2)3/h4-6H,1-3H3. The van der Waals surface area contributed by atoms with Crippen molar-refractivity contribution >= 4 is 28.5 Å². The minimum absolute atomic E-state index is 0.715. The number of aromatic nitrogens is 2. The van der Waals surface area contributed by atoms with Crippen molar-refractivity contribution in [1.29, 1.82) is 0 Å². The molecule has 4 heteroatoms. The number of hydrogen-bond donors (Lipinski definition) is 0. The van der Waals surface area contributed by atoms with E-state index in [1.54, 1.807) is 0 Å². The van der Waals surface area contributed by atoms with E-state index in [4.69, 9.17) is 11.6 Å². The Bertz CT molecular complexity index is 508. The first-order valence-electron chi connectivity index (χ1n) is 4.69. The number of halogens is 1. The highest BCUT2D eigenvalue weighted by atomic mass is 35.5. The van der Waals surface area contributed by atoms with Crippen LogP contribution in [-0.4, -0.2) is 24.1 Å². The quantitative estimate of drug-likeness (QED) is 0.742. The molecule has 0 aliphatic rings. The monoisotopic (exact) mass is 221 g/mol. The topological polar surface area (TPSA) is 29.0 Å². The minimum Gasteiger partial charge on any atom is -0.347 e. The van der Waals surface area contributed by atoms with Crippen LogP contribution in [0.4, 0.5) is 5.95 Å². The Morgan fingerprint density at radius 2 is 1.93 bits per heavy atom. The van der Waals surface area contributed by atoms with E-state index >= 15 is 0 Å². The van der Waals surface area contributed by atoms with Gasteiger partial charge in [-0.3, -0.25) is 0 Å². The third-order valence-corrected chi connectivity index (χ3v) is 2.47. The lowest BCUT2D eigenvalue weighted by atomic mass is 10.2. The smallest absolute Gasteiger partial charge is 0.225 e. The van der Waals surface area contributed by atoms with Gasteiger partial charge in [0.05, 0.1) is 11.2 Å². The summed E-state index contributed by atoms with van der Waals surface area (Å²) in [5.41, 5.74) is 1.88. The first-order chi connectivity index (χ1) is 7.08. The Morgan fingerprint density at radius 3 is 2.60 bits per heavy atom. The van der Waals surface area contributed by atoms with Gasteiger partial charge in [0.1, 0.15) is 0 Å². The molecule has 0 amide bonds. The zero-order valence-electron chi connectivity index (χ0n) is 8.95. The van der Waals surface area contributed by atoms with Crippen molar-refractivity contribution < 1.29 is 0 Å². The highest BCUT2D eigenvalue weighted by Crippen LogP contribution is 2.21. The second-order valence-electron chi connectivity index (χ2n) is 3.66. The Hall–Kier alpha value is -1.35. The van der Waals surface area contributed by atoms with Crippen molar-refractivity contribution in [3.8, 4) is 0 Å². The van der Waals surface area contributed by atoms with Crippen LogP contribution in [-0.2, 0) is 0 Å². The Labute approximate surface area is 93.7 Å². The van der Waals surface area contributed by atoms with E-state index in [0.29, 0.717) is 5.02 Å². The highest BCUT2D eigenvalue weighted by Gasteiger charge is 2.05. The van der Waals surface area contributed by atoms with Gasteiger partial charge in [0, 0.05) is 24.5 Å². The number of benzene rings is 1. The lowest BCUT2D eigenvalue weighted by Crippen LogP contribution is -2.13. The van der Waals surface area contributed by atoms with Crippen molar-refractivity contribution in [1.82, 2.24) is 9.97 Å². The van der Waals surface area contributed by atoms with Crippen LogP contribution in [0.25, 0.3) is 10.9 Å². The fraction of sp³-hybridized carbons (Fsp3) is 0.273. The minimum atomic E-state index is 0.715. The molecule has 0 saturated heterocycles. The summed E-state index contributed by atoms with van der Waals surface area (Å²) in [5, 5.41) is 1.72. The third-order valence-electron chi connectivity index (χ3n) is 2.24. The van der Waals surface area contributed by atoms with Gasteiger partial charge in [0.15, 0.2) is 0 Å². The van der Waals surface area contributed by atoms with E-state index in [1.165, 1.54) is 0 Å². The number of hydrogen-bond acceptors (Lipinski definition) is 3. The fourth-order valence-electron chi connectivity index (χ4n) is 1.44. The Balaban J connectivity index is 2.73. The van der Waals surface area contributed by atoms with Crippen molar-refractivity contribution in [2.75, 3.05) is 19.0 Å². The van der Waals surface area contributed by atoms with Crippen molar-refractivity contribution in [2.45, 2.75) is 6.92 Å². The Kier molecular flexibility index (Phi) is 2.49. The first kappa shape index (κ1) is 10.2. The molecule has 0 unspecified atom stereocenters. The van der Waals surface area contributed by atoms with Crippen LogP contribution in [0.3, 0.4) is 0 Å². The zero-order valence-corrected chi connectivity index (χ0v) is 9.71. The van der Waals surface area contributed by atoms with Crippen LogP contribution < -0.4 is 4.90 Å². The largest absolute Gasteiger partial charge is 0.347 e. The van der Waals surface area contributed by atoms with Crippen LogP contribution in [0.2, 0.25) is 5.02 Å². The molecule has 0 saturated carbocycles. The van der Waals surface area contributed by atoms with E-state index in [-0.39, 0.29) is 0 Å². The summed E-state index contributed by atoms with van der Waals surface area (Å²) in [6, 6.07) is 5.65. The molecule has 2 aromatic rings. The molecule has 1 heterocycles. The van der Waals surface area contributed by atoms with Gasteiger partial charge in [-0.25, -0.2) is 9.97 Å². The first-order valence-corrected chi connectivity index (χ1v) is 5.07. The average Bonchev–Trinajstić information content (AvgIpc) is 2.18. The van der Waals surface area contributed by atoms with Gasteiger partial charge in [-0.1, -0.05) is 11.6 Å². The van der Waals surface area contributed by atoms with Gasteiger partial charge in [-0.2, -0.15) is 0 Å². The molecule has 0 aliphatic heterocycles. The molecule has 0 spiro atoms. The van der Waals surface area contributed by atoms with Gasteiger partial charge < -0.3 is 4.90 Å². The van der Waals surface area contributed by atoms with E-state index in [9.17, 15) is 0 Å². The third kappa shape index (κ3) is 1.88. The second kappa shape index (κ2) is 3.66. The lowest BCUT2D eigenvalue weighted by molar-refractivity contribution is 0.999. The molecule has 3 nitrogen and oxygen atoms in total. The molecule has 1 aromatic heterocycles. The summed E-state index contributed by atoms with van der Waals surface area (Å²) in [6.45, 7) is 1.97. The SMILES string of the molecule is Cc1nc(N(C)C)nc2ccc(Cl)cc12. The van der Waals surface area contributed by atoms with Crippen molar-refractivity contribution in [3.05, 3.63) is 28.9 Å². The van der Waals surface area contributed by atoms with Gasteiger partial charge in [-0.05, 0) is 25.1 Å². The summed E-state index contributed by atoms with van der Waals surface area (Å²) in [7, 11) is 3.85. The van der Waals surface area contributed by atoms with Gasteiger partial charge in [-0.15, -0.1) is 0 Å². The second-order valence-corrected chi connectivity index (χ2v) is 4.10. The number of nitrogens with zero attached hydrogens (tertiary/aromatic N) is 3. The molecule has 1 aromatic carbocycles. The summed E-state index contributed by atoms with van der Waals surface area (Å²) in [6.07, 6.45) is 0. The van der Waals surface area contributed by atoms with E-state index in [2.05, 4.69) is 9.97 Å². The number of anilines is 1. The van der Waals surface area contributed by atoms with Crippen LogP contribution in [0.1, 0.15) is 5.69 Å². The lowest BCUT2D eigenvalue weighted by Gasteiger charge is -2.12. The van der Waals surface area contributed by atoms with Gasteiger partial charge in [0.2, 0.25) is 5.95 Å². The van der Waals surface area contributed by atoms with Crippen LogP contribution in [0, 0.1) is 6.92 Å². The normalized spacial score (nSPS) is 10.7. The van der Waals surface area contributed by atoms with Crippen molar-refractivity contribution in [3.63, 3.8) is 0 Å². The molecular weight excluding hydrogens is 210 g/mol. The summed E-state index contributed by atoms with van der Waals surface area (Å²) in [4.78, 5) is 10.7. The molecule has 0 aliphatic carbocycles. The highest BCUT2D eigenvalue weighted by molar-refractivity contribution is 6.31. The number of aryl methyl sites for hydroxylation is 1. The van der Waals surface area contributed by atoms with Gasteiger partial charge >= 0.3 is 0 Å². The van der Waals surface area contributed by atoms with E-state index in [0.717, 1.165) is 22.5 Å². The Morgan fingerprint density at radius 1 is 1.20 bits per heavy atom. The number of fused-ring (bicyclic) bond motifs is 1. The molecule has 2 rings (SSSR count). The van der Waals surface area contributed by atoms with E-state index in [1.807, 2.05) is 44.1 Å². The van der Waals surface area contributed by atoms with Crippen LogP contribution in [0.15, 0.2) is 18.2 Å². The molecule has 15 heavy (non-hydrogen) atoms. The predicted octanol–water partition coefficient (Wildman–Crippen LogP) is 2.66. The summed E-state index contributed by atoms with van der Waals surface area (Å²) in [5.74, 6) is 0.724. The molecule has 78 valence electrons. The summed E-state index contributed by atoms with van der Waals surface area (Å²) >= 11 is 5.93. The molecule has 0 radical (unpaired) electrons. The molecule has 0 atom stereocenters. The summed E-state index contributed by atoms with van der Waals surface area (Å²) < 4.78 is 0. The number of rotatable bonds is 1. The fourth-order valence-corrected chi connectivity index (χ4v) is 1.61. The van der Waals surface area contributed by atoms with Crippen molar-refractivity contribution in [2.24, 2.45) is 0 Å². The maximum Gasteiger partial charge on any atom is 0.225 e. The van der Waals surface area contributed by atoms with Gasteiger partial charge in [0.25, 0.3) is 0 Å².